The Balaban J connectivity index is 1.45. The number of hydrogen-bond donors (Lipinski definition) is 1. The zero-order valence-electron chi connectivity index (χ0n) is 16.7. The highest BCUT2D eigenvalue weighted by molar-refractivity contribution is 9.10. The zero-order valence-corrected chi connectivity index (χ0v) is 19.0. The van der Waals surface area contributed by atoms with Gasteiger partial charge in [0, 0.05) is 37.0 Å². The normalized spacial score (nSPS) is 10.7. The highest BCUT2D eigenvalue weighted by Gasteiger charge is 2.11. The Kier molecular flexibility index (Phi) is 7.64. The van der Waals surface area contributed by atoms with E-state index in [1.807, 2.05) is 17.8 Å². The number of hydrogen-bond acceptors (Lipinski definition) is 5. The molecule has 2 aromatic carbocycles. The van der Waals surface area contributed by atoms with Gasteiger partial charge in [-0.25, -0.2) is 0 Å². The van der Waals surface area contributed by atoms with Gasteiger partial charge in [-0.1, -0.05) is 23.7 Å². The molecule has 1 aromatic heterocycles. The van der Waals surface area contributed by atoms with E-state index < -0.39 is 4.92 Å². The Bertz CT molecular complexity index is 1070. The first-order valence-electron chi connectivity index (χ1n) is 9.47. The Morgan fingerprint density at radius 2 is 2.03 bits per heavy atom. The summed E-state index contributed by atoms with van der Waals surface area (Å²) >= 11 is 9.45. The van der Waals surface area contributed by atoms with Crippen molar-refractivity contribution in [3.05, 3.63) is 85.1 Å². The van der Waals surface area contributed by atoms with Crippen LogP contribution in [0.5, 0.6) is 5.75 Å². The van der Waals surface area contributed by atoms with Gasteiger partial charge in [0.05, 0.1) is 20.1 Å². The number of aryl methyl sites for hydroxylation is 2. The van der Waals surface area contributed by atoms with Crippen molar-refractivity contribution in [2.75, 3.05) is 6.54 Å². The van der Waals surface area contributed by atoms with Crippen LogP contribution in [0.25, 0.3) is 0 Å². The average molecular weight is 508 g/mol. The number of aromatic nitrogens is 2. The van der Waals surface area contributed by atoms with E-state index in [9.17, 15) is 14.9 Å². The van der Waals surface area contributed by atoms with Crippen LogP contribution in [0.1, 0.15) is 28.0 Å². The quantitative estimate of drug-likeness (QED) is 0.252. The molecular weight excluding hydrogens is 488 g/mol. The average Bonchev–Trinajstić information content (AvgIpc) is 3.07. The van der Waals surface area contributed by atoms with Gasteiger partial charge in [-0.3, -0.25) is 19.6 Å². The number of rotatable bonds is 9. The van der Waals surface area contributed by atoms with Crippen LogP contribution in [0.3, 0.4) is 0 Å². The molecule has 0 spiro atoms. The van der Waals surface area contributed by atoms with Gasteiger partial charge in [-0.05, 0) is 53.0 Å². The molecular formula is C21H20BrClN4O4. The second kappa shape index (κ2) is 10.4. The summed E-state index contributed by atoms with van der Waals surface area (Å²) in [6, 6.07) is 11.1. The molecule has 0 saturated heterocycles. The topological polar surface area (TPSA) is 99.3 Å². The summed E-state index contributed by atoms with van der Waals surface area (Å²) in [6.07, 6.45) is 2.68. The molecule has 0 bridgehead atoms. The third-order valence-corrected chi connectivity index (χ3v) is 5.55. The molecule has 0 aliphatic heterocycles. The summed E-state index contributed by atoms with van der Waals surface area (Å²) in [5, 5.41) is 18.2. The van der Waals surface area contributed by atoms with Gasteiger partial charge in [0.1, 0.15) is 12.4 Å². The molecule has 162 valence electrons. The number of nitrogens with one attached hydrogen (secondary N) is 1. The maximum absolute atomic E-state index is 12.3. The first-order valence-corrected chi connectivity index (χ1v) is 10.6. The number of carbonyl (C=O) groups is 1. The lowest BCUT2D eigenvalue weighted by atomic mass is 10.1. The SMILES string of the molecule is Cc1nn(CCCNC(=O)c2ccc(COc3ccc([N+](=O)[O-])cc3Cl)cc2)cc1Br. The smallest absolute Gasteiger partial charge is 0.271 e. The molecule has 3 aromatic rings. The Labute approximate surface area is 192 Å². The van der Waals surface area contributed by atoms with Gasteiger partial charge in [-0.2, -0.15) is 5.10 Å². The molecule has 10 heteroatoms. The minimum Gasteiger partial charge on any atom is -0.487 e. The first kappa shape index (κ1) is 22.8. The van der Waals surface area contributed by atoms with Crippen molar-refractivity contribution >= 4 is 39.1 Å². The summed E-state index contributed by atoms with van der Waals surface area (Å²) in [5.74, 6) is 0.206. The third kappa shape index (κ3) is 6.28. The van der Waals surface area contributed by atoms with E-state index in [-0.39, 0.29) is 23.2 Å². The van der Waals surface area contributed by atoms with Crippen LogP contribution in [-0.2, 0) is 13.2 Å². The number of nitro groups is 1. The predicted octanol–water partition coefficient (Wildman–Crippen LogP) is 4.91. The van der Waals surface area contributed by atoms with E-state index in [0.717, 1.165) is 22.2 Å². The fourth-order valence-electron chi connectivity index (χ4n) is 2.79. The van der Waals surface area contributed by atoms with Crippen LogP contribution in [0.4, 0.5) is 5.69 Å². The molecule has 0 aliphatic rings. The maximum atomic E-state index is 12.3. The van der Waals surface area contributed by atoms with Crippen LogP contribution in [0.2, 0.25) is 5.02 Å². The summed E-state index contributed by atoms with van der Waals surface area (Å²) < 4.78 is 8.44. The fourth-order valence-corrected chi connectivity index (χ4v) is 3.33. The lowest BCUT2D eigenvalue weighted by Gasteiger charge is -2.09. The van der Waals surface area contributed by atoms with Gasteiger partial charge in [0.25, 0.3) is 11.6 Å². The molecule has 8 nitrogen and oxygen atoms in total. The van der Waals surface area contributed by atoms with E-state index >= 15 is 0 Å². The highest BCUT2D eigenvalue weighted by Crippen LogP contribution is 2.29. The molecule has 0 radical (unpaired) electrons. The van der Waals surface area contributed by atoms with Crippen molar-refractivity contribution < 1.29 is 14.5 Å². The lowest BCUT2D eigenvalue weighted by Crippen LogP contribution is -2.25. The second-order valence-electron chi connectivity index (χ2n) is 6.79. The number of nitro benzene ring substituents is 1. The summed E-state index contributed by atoms with van der Waals surface area (Å²) in [6.45, 7) is 3.41. The van der Waals surface area contributed by atoms with E-state index in [2.05, 4.69) is 26.3 Å². The minimum absolute atomic E-state index is 0.0969. The Morgan fingerprint density at radius 3 is 2.65 bits per heavy atom. The largest absolute Gasteiger partial charge is 0.487 e. The van der Waals surface area contributed by atoms with Crippen molar-refractivity contribution in [1.29, 1.82) is 0 Å². The summed E-state index contributed by atoms with van der Waals surface area (Å²) in [7, 11) is 0. The van der Waals surface area contributed by atoms with Gasteiger partial charge in [-0.15, -0.1) is 0 Å². The van der Waals surface area contributed by atoms with Crippen molar-refractivity contribution in [1.82, 2.24) is 15.1 Å². The molecule has 3 rings (SSSR count). The van der Waals surface area contributed by atoms with Crippen molar-refractivity contribution in [2.24, 2.45) is 0 Å². The van der Waals surface area contributed by atoms with E-state index in [0.29, 0.717) is 24.4 Å². The third-order valence-electron chi connectivity index (χ3n) is 4.47. The van der Waals surface area contributed by atoms with E-state index in [4.69, 9.17) is 16.3 Å². The minimum atomic E-state index is -0.517. The molecule has 0 saturated carbocycles. The highest BCUT2D eigenvalue weighted by atomic mass is 79.9. The molecule has 1 N–H and O–H groups in total. The number of nitrogens with zero attached hydrogens (tertiary/aromatic N) is 3. The van der Waals surface area contributed by atoms with Gasteiger partial charge < -0.3 is 10.1 Å². The van der Waals surface area contributed by atoms with Crippen LogP contribution >= 0.6 is 27.5 Å². The van der Waals surface area contributed by atoms with Gasteiger partial charge in [0.2, 0.25) is 0 Å². The molecule has 1 heterocycles. The monoisotopic (exact) mass is 506 g/mol. The maximum Gasteiger partial charge on any atom is 0.271 e. The number of non-ortho nitro benzene ring substituents is 1. The van der Waals surface area contributed by atoms with Crippen molar-refractivity contribution in [3.8, 4) is 5.75 Å². The van der Waals surface area contributed by atoms with Crippen LogP contribution in [-0.4, -0.2) is 27.2 Å². The second-order valence-corrected chi connectivity index (χ2v) is 8.05. The standard InChI is InChI=1S/C21H20BrClN4O4/c1-14-18(22)12-26(25-14)10-2-9-24-21(28)16-5-3-15(4-6-16)13-31-20-8-7-17(27(29)30)11-19(20)23/h3-8,11-12H,2,9-10,13H2,1H3,(H,24,28). The number of carbonyl (C=O) groups excluding carboxylic acids is 1. The number of benzene rings is 2. The molecule has 0 fully saturated rings. The zero-order chi connectivity index (χ0) is 22.4. The van der Waals surface area contributed by atoms with E-state index in [1.165, 1.54) is 18.2 Å². The van der Waals surface area contributed by atoms with Gasteiger partial charge >= 0.3 is 0 Å². The first-order chi connectivity index (χ1) is 14.8. The van der Waals surface area contributed by atoms with Crippen LogP contribution in [0.15, 0.2) is 53.1 Å². The predicted molar refractivity (Wildman–Crippen MR) is 120 cm³/mol. The van der Waals surface area contributed by atoms with Crippen LogP contribution in [0, 0.1) is 17.0 Å². The Hall–Kier alpha value is -2.91. The Morgan fingerprint density at radius 1 is 1.29 bits per heavy atom. The number of ether oxygens (including phenoxy) is 1. The summed E-state index contributed by atoms with van der Waals surface area (Å²) in [4.78, 5) is 22.5. The molecule has 0 unspecified atom stereocenters. The number of amides is 1. The van der Waals surface area contributed by atoms with Crippen LogP contribution < -0.4 is 10.1 Å². The molecule has 0 aliphatic carbocycles. The molecule has 0 atom stereocenters. The van der Waals surface area contributed by atoms with E-state index in [1.54, 1.807) is 24.3 Å². The molecule has 1 amide bonds. The lowest BCUT2D eigenvalue weighted by molar-refractivity contribution is -0.384. The summed E-state index contributed by atoms with van der Waals surface area (Å²) in [5.41, 5.74) is 2.23. The van der Waals surface area contributed by atoms with Crippen molar-refractivity contribution in [3.63, 3.8) is 0 Å². The van der Waals surface area contributed by atoms with Crippen molar-refractivity contribution in [2.45, 2.75) is 26.5 Å². The fraction of sp³-hybridized carbons (Fsp3) is 0.238. The number of halogens is 2. The molecule has 31 heavy (non-hydrogen) atoms. The van der Waals surface area contributed by atoms with Gasteiger partial charge in [0.15, 0.2) is 0 Å².